The number of piperidine rings is 1. The fraction of sp³-hybridized carbons (Fsp3) is 0.621. The Balaban J connectivity index is 1.92. The minimum atomic E-state index is -0.340. The van der Waals surface area contributed by atoms with E-state index in [0.717, 1.165) is 19.3 Å². The Hall–Kier alpha value is -2.64. The molecule has 0 atom stereocenters. The molecular weight excluding hydrogens is 532 g/mol. The molecule has 212 valence electrons. The molecule has 1 aromatic heterocycles. The van der Waals surface area contributed by atoms with Gasteiger partial charge in [-0.3, -0.25) is 23.9 Å². The molecule has 0 N–H and O–H groups in total. The van der Waals surface area contributed by atoms with Crippen LogP contribution < -0.4 is 10.5 Å². The molecule has 8 nitrogen and oxygen atoms in total. The van der Waals surface area contributed by atoms with Crippen molar-refractivity contribution in [2.24, 2.45) is 5.92 Å². The number of aromatic nitrogens is 1. The first-order chi connectivity index (χ1) is 18.8. The molecule has 1 aromatic rings. The standard InChI is InChI=1S/C29H40N4O4S2/c1-5-8-9-10-11-12-15-33-27(35)24(39-29(33)38)18-22-20(4)23(19-30)26(34)32(6-2)25(22)31-16-13-21(14-17-31)28(36)37-7-3/h18,21H,5-17H2,1-4H3/b24-18-. The molecule has 0 radical (unpaired) electrons. The zero-order valence-electron chi connectivity index (χ0n) is 23.6. The van der Waals surface area contributed by atoms with Gasteiger partial charge in [-0.15, -0.1) is 0 Å². The van der Waals surface area contributed by atoms with Crippen LogP contribution in [0.25, 0.3) is 6.08 Å². The Labute approximate surface area is 241 Å². The fourth-order valence-electron chi connectivity index (χ4n) is 5.24. The van der Waals surface area contributed by atoms with E-state index in [1.165, 1.54) is 31.0 Å². The number of esters is 1. The number of carbonyl (C=O) groups excluding carboxylic acids is 2. The second-order valence-corrected chi connectivity index (χ2v) is 11.7. The summed E-state index contributed by atoms with van der Waals surface area (Å²) in [5.74, 6) is 0.194. The van der Waals surface area contributed by atoms with Gasteiger partial charge in [0.2, 0.25) is 0 Å². The molecular formula is C29H40N4O4S2. The molecule has 3 rings (SSSR count). The maximum atomic E-state index is 13.4. The molecule has 0 aromatic carbocycles. The monoisotopic (exact) mass is 572 g/mol. The molecule has 0 unspecified atom stereocenters. The Bertz CT molecular complexity index is 1210. The van der Waals surface area contributed by atoms with Crippen molar-refractivity contribution in [2.75, 3.05) is 31.1 Å². The van der Waals surface area contributed by atoms with Gasteiger partial charge in [-0.05, 0) is 51.7 Å². The number of ether oxygens (including phenoxy) is 1. The second-order valence-electron chi connectivity index (χ2n) is 10.0. The maximum Gasteiger partial charge on any atom is 0.309 e. The Kier molecular flexibility index (Phi) is 11.6. The summed E-state index contributed by atoms with van der Waals surface area (Å²) in [6.45, 7) is 10.1. The number of pyridine rings is 1. The van der Waals surface area contributed by atoms with Gasteiger partial charge in [-0.25, -0.2) is 0 Å². The van der Waals surface area contributed by atoms with Crippen LogP contribution in [0.5, 0.6) is 0 Å². The highest BCUT2D eigenvalue weighted by molar-refractivity contribution is 8.26. The molecule has 3 heterocycles. The molecule has 2 aliphatic rings. The van der Waals surface area contributed by atoms with E-state index in [4.69, 9.17) is 17.0 Å². The summed E-state index contributed by atoms with van der Waals surface area (Å²) >= 11 is 6.84. The zero-order valence-corrected chi connectivity index (χ0v) is 25.2. The third kappa shape index (κ3) is 7.12. The van der Waals surface area contributed by atoms with Gasteiger partial charge in [-0.2, -0.15) is 5.26 Å². The summed E-state index contributed by atoms with van der Waals surface area (Å²) in [4.78, 5) is 43.2. The van der Waals surface area contributed by atoms with Crippen molar-refractivity contribution in [1.29, 1.82) is 5.26 Å². The minimum Gasteiger partial charge on any atom is -0.466 e. The number of hydrogen-bond donors (Lipinski definition) is 0. The molecule has 10 heteroatoms. The number of nitrogens with zero attached hydrogens (tertiary/aromatic N) is 4. The summed E-state index contributed by atoms with van der Waals surface area (Å²) in [6.07, 6.45) is 9.78. The van der Waals surface area contributed by atoms with Crippen LogP contribution in [0.1, 0.15) is 88.8 Å². The highest BCUT2D eigenvalue weighted by Gasteiger charge is 2.34. The summed E-state index contributed by atoms with van der Waals surface area (Å²) in [6, 6.07) is 2.08. The van der Waals surface area contributed by atoms with Crippen LogP contribution in [-0.4, -0.2) is 51.9 Å². The molecule has 0 saturated carbocycles. The van der Waals surface area contributed by atoms with Crippen LogP contribution in [0.3, 0.4) is 0 Å². The van der Waals surface area contributed by atoms with E-state index in [1.807, 2.05) is 6.92 Å². The molecule has 39 heavy (non-hydrogen) atoms. The number of thiocarbonyl (C=S) groups is 1. The van der Waals surface area contributed by atoms with Crippen molar-refractivity contribution in [2.45, 2.75) is 85.6 Å². The lowest BCUT2D eigenvalue weighted by atomic mass is 9.95. The number of unbranched alkanes of at least 4 members (excludes halogenated alkanes) is 5. The van der Waals surface area contributed by atoms with Crippen molar-refractivity contribution in [3.05, 3.63) is 31.9 Å². The van der Waals surface area contributed by atoms with Gasteiger partial charge < -0.3 is 9.64 Å². The Morgan fingerprint density at radius 1 is 1.13 bits per heavy atom. The summed E-state index contributed by atoms with van der Waals surface area (Å²) in [7, 11) is 0. The van der Waals surface area contributed by atoms with E-state index in [-0.39, 0.29) is 28.9 Å². The minimum absolute atomic E-state index is 0.0795. The molecule has 2 aliphatic heterocycles. The van der Waals surface area contributed by atoms with Crippen LogP contribution in [0.2, 0.25) is 0 Å². The molecule has 0 aliphatic carbocycles. The van der Waals surface area contributed by atoms with Gasteiger partial charge >= 0.3 is 5.97 Å². The maximum absolute atomic E-state index is 13.4. The molecule has 1 amide bonds. The van der Waals surface area contributed by atoms with Crippen LogP contribution in [0, 0.1) is 24.2 Å². The number of hydrogen-bond acceptors (Lipinski definition) is 8. The van der Waals surface area contributed by atoms with Gasteiger partial charge in [0.15, 0.2) is 0 Å². The van der Waals surface area contributed by atoms with Crippen molar-refractivity contribution in [1.82, 2.24) is 9.47 Å². The average molecular weight is 573 g/mol. The first-order valence-electron chi connectivity index (χ1n) is 14.1. The zero-order chi connectivity index (χ0) is 28.5. The van der Waals surface area contributed by atoms with Crippen LogP contribution in [0.15, 0.2) is 9.70 Å². The van der Waals surface area contributed by atoms with E-state index in [1.54, 1.807) is 29.4 Å². The Morgan fingerprint density at radius 3 is 2.41 bits per heavy atom. The number of nitriles is 1. The number of carbonyl (C=O) groups is 2. The van der Waals surface area contributed by atoms with Gasteiger partial charge in [0.1, 0.15) is 21.8 Å². The number of rotatable bonds is 12. The van der Waals surface area contributed by atoms with E-state index in [0.29, 0.717) is 71.8 Å². The van der Waals surface area contributed by atoms with Crippen LogP contribution >= 0.6 is 24.0 Å². The highest BCUT2D eigenvalue weighted by atomic mass is 32.2. The van der Waals surface area contributed by atoms with E-state index in [9.17, 15) is 19.6 Å². The SMILES string of the molecule is CCCCCCCCN1C(=O)/C(=C/c2c(C)c(C#N)c(=O)n(CC)c2N2CCC(C(=O)OCC)CC2)SC1=S. The Morgan fingerprint density at radius 2 is 1.79 bits per heavy atom. The van der Waals surface area contributed by atoms with Crippen molar-refractivity contribution >= 4 is 52.1 Å². The molecule has 2 fully saturated rings. The lowest BCUT2D eigenvalue weighted by Crippen LogP contribution is -2.41. The van der Waals surface area contributed by atoms with Gasteiger partial charge in [0.05, 0.1) is 17.4 Å². The van der Waals surface area contributed by atoms with Crippen molar-refractivity contribution < 1.29 is 14.3 Å². The average Bonchev–Trinajstić information content (AvgIpc) is 3.19. The predicted molar refractivity (Wildman–Crippen MR) is 161 cm³/mol. The van der Waals surface area contributed by atoms with Gasteiger partial charge in [0.25, 0.3) is 11.5 Å². The summed E-state index contributed by atoms with van der Waals surface area (Å²) < 4.78 is 7.37. The normalized spacial score (nSPS) is 17.3. The lowest BCUT2D eigenvalue weighted by Gasteiger charge is -2.35. The van der Waals surface area contributed by atoms with Gasteiger partial charge in [0, 0.05) is 31.7 Å². The third-order valence-corrected chi connectivity index (χ3v) is 8.84. The number of anilines is 1. The smallest absolute Gasteiger partial charge is 0.309 e. The first-order valence-corrected chi connectivity index (χ1v) is 15.4. The first kappa shape index (κ1) is 30.9. The molecule has 0 spiro atoms. The van der Waals surface area contributed by atoms with Crippen LogP contribution in [0.4, 0.5) is 5.82 Å². The van der Waals surface area contributed by atoms with E-state index in [2.05, 4.69) is 17.9 Å². The van der Waals surface area contributed by atoms with Crippen molar-refractivity contribution in [3.63, 3.8) is 0 Å². The number of thioether (sulfide) groups is 1. The van der Waals surface area contributed by atoms with Gasteiger partial charge in [-0.1, -0.05) is 63.0 Å². The molecule has 2 saturated heterocycles. The van der Waals surface area contributed by atoms with E-state index < -0.39 is 0 Å². The largest absolute Gasteiger partial charge is 0.466 e. The summed E-state index contributed by atoms with van der Waals surface area (Å²) in [5.41, 5.74) is 0.974. The fourth-order valence-corrected chi connectivity index (χ4v) is 6.53. The van der Waals surface area contributed by atoms with Crippen molar-refractivity contribution in [3.8, 4) is 6.07 Å². The van der Waals surface area contributed by atoms with Crippen LogP contribution in [-0.2, 0) is 20.9 Å². The third-order valence-electron chi connectivity index (χ3n) is 7.46. The highest BCUT2D eigenvalue weighted by Crippen LogP contribution is 2.37. The molecule has 0 bridgehead atoms. The predicted octanol–water partition coefficient (Wildman–Crippen LogP) is 5.39. The number of amides is 1. The second kappa shape index (κ2) is 14.7. The summed E-state index contributed by atoms with van der Waals surface area (Å²) in [5, 5.41) is 9.81. The van der Waals surface area contributed by atoms with E-state index >= 15 is 0 Å². The lowest BCUT2D eigenvalue weighted by molar-refractivity contribution is -0.148. The topological polar surface area (TPSA) is 95.6 Å². The quantitative estimate of drug-likeness (QED) is 0.142.